The number of aromatic nitrogens is 1. The summed E-state index contributed by atoms with van der Waals surface area (Å²) in [5, 5.41) is 0. The van der Waals surface area contributed by atoms with Gasteiger partial charge in [0.05, 0.1) is 6.42 Å². The summed E-state index contributed by atoms with van der Waals surface area (Å²) in [6.45, 7) is 1.95. The molecule has 0 fully saturated rings. The first-order valence-corrected chi connectivity index (χ1v) is 8.53. The molecule has 3 aromatic rings. The van der Waals surface area contributed by atoms with Gasteiger partial charge in [0.2, 0.25) is 0 Å². The number of rotatable bonds is 6. The van der Waals surface area contributed by atoms with Crippen LogP contribution in [0.15, 0.2) is 67.0 Å². The zero-order valence-electron chi connectivity index (χ0n) is 14.8. The van der Waals surface area contributed by atoms with E-state index >= 15 is 0 Å². The predicted molar refractivity (Wildman–Crippen MR) is 99.2 cm³/mol. The minimum absolute atomic E-state index is 0.222. The van der Waals surface area contributed by atoms with Crippen LogP contribution in [0.2, 0.25) is 0 Å². The number of ketones is 1. The summed E-state index contributed by atoms with van der Waals surface area (Å²) in [6.07, 6.45) is 4.28. The fourth-order valence-electron chi connectivity index (χ4n) is 2.63. The fourth-order valence-corrected chi connectivity index (χ4v) is 2.63. The van der Waals surface area contributed by atoms with Crippen molar-refractivity contribution in [2.45, 2.75) is 19.8 Å². The Bertz CT molecular complexity index is 950. The molecule has 5 heteroatoms. The van der Waals surface area contributed by atoms with Crippen LogP contribution in [0.1, 0.15) is 33.5 Å². The van der Waals surface area contributed by atoms with Crippen LogP contribution in [-0.4, -0.2) is 16.7 Å². The van der Waals surface area contributed by atoms with Gasteiger partial charge in [-0.25, -0.2) is 4.39 Å². The van der Waals surface area contributed by atoms with Gasteiger partial charge in [-0.3, -0.25) is 14.6 Å². The summed E-state index contributed by atoms with van der Waals surface area (Å²) < 4.78 is 18.3. The van der Waals surface area contributed by atoms with Crippen molar-refractivity contribution in [3.8, 4) is 5.75 Å². The van der Waals surface area contributed by atoms with E-state index in [4.69, 9.17) is 4.74 Å². The molecule has 0 aliphatic heterocycles. The van der Waals surface area contributed by atoms with Gasteiger partial charge in [0, 0.05) is 23.5 Å². The van der Waals surface area contributed by atoms with Gasteiger partial charge in [-0.05, 0) is 73.0 Å². The number of hydrogen-bond donors (Lipinski definition) is 0. The highest BCUT2D eigenvalue weighted by atomic mass is 19.1. The molecule has 0 unspecified atom stereocenters. The van der Waals surface area contributed by atoms with Gasteiger partial charge in [0.15, 0.2) is 5.78 Å². The second kappa shape index (κ2) is 8.36. The first-order chi connectivity index (χ1) is 13.0. The van der Waals surface area contributed by atoms with E-state index in [-0.39, 0.29) is 18.2 Å². The average molecular weight is 363 g/mol. The lowest BCUT2D eigenvalue weighted by atomic mass is 10.0. The van der Waals surface area contributed by atoms with Gasteiger partial charge in [-0.15, -0.1) is 0 Å². The van der Waals surface area contributed by atoms with Crippen LogP contribution in [0.25, 0.3) is 0 Å². The molecule has 1 aromatic heterocycles. The molecule has 0 radical (unpaired) electrons. The van der Waals surface area contributed by atoms with Crippen molar-refractivity contribution >= 4 is 11.8 Å². The van der Waals surface area contributed by atoms with Crippen molar-refractivity contribution in [2.75, 3.05) is 0 Å². The van der Waals surface area contributed by atoms with Gasteiger partial charge in [0.25, 0.3) is 0 Å². The first-order valence-electron chi connectivity index (χ1n) is 8.53. The second-order valence-electron chi connectivity index (χ2n) is 6.21. The smallest absolute Gasteiger partial charge is 0.311 e. The van der Waals surface area contributed by atoms with E-state index in [0.29, 0.717) is 23.3 Å². The van der Waals surface area contributed by atoms with E-state index in [1.165, 1.54) is 24.3 Å². The molecule has 0 amide bonds. The van der Waals surface area contributed by atoms with Crippen molar-refractivity contribution in [2.24, 2.45) is 0 Å². The van der Waals surface area contributed by atoms with Gasteiger partial charge >= 0.3 is 5.97 Å². The molecule has 2 aromatic carbocycles. The van der Waals surface area contributed by atoms with Crippen LogP contribution in [0.5, 0.6) is 5.75 Å². The van der Waals surface area contributed by atoms with E-state index in [9.17, 15) is 14.0 Å². The van der Waals surface area contributed by atoms with Crippen LogP contribution in [0, 0.1) is 12.7 Å². The highest BCUT2D eigenvalue weighted by Crippen LogP contribution is 2.17. The highest BCUT2D eigenvalue weighted by molar-refractivity contribution is 6.09. The summed E-state index contributed by atoms with van der Waals surface area (Å²) >= 11 is 0. The molecule has 0 spiro atoms. The van der Waals surface area contributed by atoms with E-state index < -0.39 is 5.82 Å². The van der Waals surface area contributed by atoms with Gasteiger partial charge in [-0.2, -0.15) is 0 Å². The molecule has 1 heterocycles. The van der Waals surface area contributed by atoms with E-state index in [1.807, 2.05) is 13.0 Å². The fraction of sp³-hybridized carbons (Fsp3) is 0.136. The van der Waals surface area contributed by atoms with Crippen LogP contribution in [0.3, 0.4) is 0 Å². The molecule has 0 aliphatic carbocycles. The van der Waals surface area contributed by atoms with Crippen LogP contribution in [-0.2, 0) is 11.2 Å². The number of aryl methyl sites for hydroxylation is 2. The minimum atomic E-state index is -0.393. The Morgan fingerprint density at radius 1 is 0.963 bits per heavy atom. The quantitative estimate of drug-likeness (QED) is 0.372. The van der Waals surface area contributed by atoms with Crippen LogP contribution in [0.4, 0.5) is 4.39 Å². The van der Waals surface area contributed by atoms with Crippen molar-refractivity contribution in [1.29, 1.82) is 0 Å². The molecule has 0 aliphatic rings. The Kier molecular flexibility index (Phi) is 5.71. The molecule has 0 atom stereocenters. The number of benzene rings is 2. The maximum Gasteiger partial charge on any atom is 0.311 e. The average Bonchev–Trinajstić information content (AvgIpc) is 2.67. The normalized spacial score (nSPS) is 10.4. The number of nitrogens with zero attached hydrogens (tertiary/aromatic N) is 1. The number of pyridine rings is 1. The third kappa shape index (κ3) is 5.07. The lowest BCUT2D eigenvalue weighted by Gasteiger charge is -2.06. The van der Waals surface area contributed by atoms with Gasteiger partial charge in [-0.1, -0.05) is 6.07 Å². The topological polar surface area (TPSA) is 56.3 Å². The predicted octanol–water partition coefficient (Wildman–Crippen LogP) is 4.30. The zero-order valence-corrected chi connectivity index (χ0v) is 14.8. The Morgan fingerprint density at radius 2 is 1.59 bits per heavy atom. The van der Waals surface area contributed by atoms with Crippen LogP contribution < -0.4 is 4.74 Å². The molecule has 136 valence electrons. The Morgan fingerprint density at radius 3 is 2.22 bits per heavy atom. The maximum atomic E-state index is 13.0. The van der Waals surface area contributed by atoms with Crippen LogP contribution >= 0.6 is 0 Å². The summed E-state index contributed by atoms with van der Waals surface area (Å²) in [4.78, 5) is 28.4. The monoisotopic (exact) mass is 363 g/mol. The van der Waals surface area contributed by atoms with E-state index in [2.05, 4.69) is 4.98 Å². The number of esters is 1. The minimum Gasteiger partial charge on any atom is -0.427 e. The maximum absolute atomic E-state index is 13.0. The zero-order chi connectivity index (χ0) is 19.2. The number of carbonyl (C=O) groups is 2. The summed E-state index contributed by atoms with van der Waals surface area (Å²) in [5.41, 5.74) is 2.86. The molecule has 0 N–H and O–H groups in total. The molecular formula is C22H18FNO3. The standard InChI is InChI=1S/C22H18FNO3/c1-15-12-16(14-24-13-15)2-11-21(25)27-20-9-5-18(6-10-20)22(26)17-3-7-19(23)8-4-17/h3-10,12-14H,2,11H2,1H3. The highest BCUT2D eigenvalue weighted by Gasteiger charge is 2.11. The third-order valence-electron chi connectivity index (χ3n) is 4.00. The second-order valence-corrected chi connectivity index (χ2v) is 6.21. The van der Waals surface area contributed by atoms with Crippen molar-refractivity contribution in [3.05, 3.63) is 95.1 Å². The van der Waals surface area contributed by atoms with Crippen molar-refractivity contribution in [3.63, 3.8) is 0 Å². The summed E-state index contributed by atoms with van der Waals surface area (Å²) in [5.74, 6) is -0.595. The number of ether oxygens (including phenoxy) is 1. The van der Waals surface area contributed by atoms with Crippen molar-refractivity contribution < 1.29 is 18.7 Å². The molecule has 4 nitrogen and oxygen atoms in total. The Hall–Kier alpha value is -3.34. The Labute approximate surface area is 156 Å². The van der Waals surface area contributed by atoms with Gasteiger partial charge in [0.1, 0.15) is 11.6 Å². The molecular weight excluding hydrogens is 345 g/mol. The van der Waals surface area contributed by atoms with E-state index in [0.717, 1.165) is 11.1 Å². The molecule has 0 saturated heterocycles. The Balaban J connectivity index is 1.57. The largest absolute Gasteiger partial charge is 0.427 e. The molecule has 3 rings (SSSR count). The summed E-state index contributed by atoms with van der Waals surface area (Å²) in [7, 11) is 0. The number of carbonyl (C=O) groups excluding carboxylic acids is 2. The lowest BCUT2D eigenvalue weighted by molar-refractivity contribution is -0.134. The molecule has 0 saturated carbocycles. The molecule has 0 bridgehead atoms. The van der Waals surface area contributed by atoms with Crippen molar-refractivity contribution in [1.82, 2.24) is 4.98 Å². The van der Waals surface area contributed by atoms with E-state index in [1.54, 1.807) is 36.7 Å². The lowest BCUT2D eigenvalue weighted by Crippen LogP contribution is -2.09. The first kappa shape index (κ1) is 18.5. The summed E-state index contributed by atoms with van der Waals surface area (Å²) in [6, 6.07) is 13.7. The number of halogens is 1. The number of hydrogen-bond acceptors (Lipinski definition) is 4. The molecule has 27 heavy (non-hydrogen) atoms. The third-order valence-corrected chi connectivity index (χ3v) is 4.00. The SMILES string of the molecule is Cc1cncc(CCC(=O)Oc2ccc(C(=O)c3ccc(F)cc3)cc2)c1. The van der Waals surface area contributed by atoms with Gasteiger partial charge < -0.3 is 4.74 Å².